The van der Waals surface area contributed by atoms with Crippen molar-refractivity contribution in [1.82, 2.24) is 0 Å². The number of rotatable bonds is 0. The van der Waals surface area contributed by atoms with Crippen LogP contribution in [0.15, 0.2) is 0 Å². The molecule has 0 bridgehead atoms. The molecular weight excluding hydrogens is 139 g/mol. The molecule has 46 valence electrons. The summed E-state index contributed by atoms with van der Waals surface area (Å²) in [5.74, 6) is 0. The summed E-state index contributed by atoms with van der Waals surface area (Å²) in [4.78, 5) is 0. The van der Waals surface area contributed by atoms with Crippen LogP contribution < -0.4 is 56.5 Å². The summed E-state index contributed by atoms with van der Waals surface area (Å²) in [5, 5.41) is 10.8. The van der Waals surface area contributed by atoms with Gasteiger partial charge in [0.1, 0.15) is 0 Å². The molecule has 0 aliphatic heterocycles. The van der Waals surface area contributed by atoms with E-state index >= 15 is 0 Å². The maximum absolute atomic E-state index is 10.8. The fraction of sp³-hybridized carbons (Fsp3) is 1.00. The molecule has 9 heavy (non-hydrogen) atoms. The molecule has 0 radical (unpaired) electrons. The Labute approximate surface area is 98.6 Å². The van der Waals surface area contributed by atoms with E-state index in [0.717, 1.165) is 12.8 Å². The van der Waals surface area contributed by atoms with E-state index in [1.807, 2.05) is 0 Å². The molecule has 2 aliphatic carbocycles. The molecule has 2 aliphatic rings. The molecular formula is C7H11KO. The molecule has 0 heterocycles. The molecule has 1 nitrogen and oxygen atoms in total. The largest absolute Gasteiger partial charge is 1.00 e. The van der Waals surface area contributed by atoms with Crippen LogP contribution in [0, 0.1) is 5.41 Å². The molecule has 1 spiro atoms. The van der Waals surface area contributed by atoms with Gasteiger partial charge in [-0.3, -0.25) is 0 Å². The van der Waals surface area contributed by atoms with E-state index in [4.69, 9.17) is 0 Å². The van der Waals surface area contributed by atoms with E-state index in [0.29, 0.717) is 5.41 Å². The fourth-order valence-electron chi connectivity index (χ4n) is 1.79. The smallest absolute Gasteiger partial charge is 0.852 e. The second-order valence-electron chi connectivity index (χ2n) is 3.36. The zero-order valence-electron chi connectivity index (χ0n) is 6.02. The van der Waals surface area contributed by atoms with Gasteiger partial charge in [0.15, 0.2) is 0 Å². The van der Waals surface area contributed by atoms with Crippen molar-refractivity contribution in [3.05, 3.63) is 0 Å². The minimum Gasteiger partial charge on any atom is -0.852 e. The van der Waals surface area contributed by atoms with Gasteiger partial charge in [0, 0.05) is 0 Å². The first-order chi connectivity index (χ1) is 3.81. The second-order valence-corrected chi connectivity index (χ2v) is 3.36. The average Bonchev–Trinajstić information content (AvgIpc) is 2.34. The van der Waals surface area contributed by atoms with Crippen molar-refractivity contribution < 1.29 is 56.5 Å². The zero-order chi connectivity index (χ0) is 5.61. The maximum Gasteiger partial charge on any atom is 1.00 e. The van der Waals surface area contributed by atoms with E-state index in [1.165, 1.54) is 19.3 Å². The molecule has 0 aromatic heterocycles. The van der Waals surface area contributed by atoms with Crippen molar-refractivity contribution in [1.29, 1.82) is 0 Å². The van der Waals surface area contributed by atoms with Crippen LogP contribution in [0.5, 0.6) is 0 Å². The van der Waals surface area contributed by atoms with Crippen molar-refractivity contribution in [2.24, 2.45) is 5.41 Å². The summed E-state index contributed by atoms with van der Waals surface area (Å²) in [6.07, 6.45) is 5.70. The predicted octanol–water partition coefficient (Wildman–Crippen LogP) is -2.32. The van der Waals surface area contributed by atoms with Gasteiger partial charge in [-0.05, 0) is 24.7 Å². The topological polar surface area (TPSA) is 23.1 Å². The Morgan fingerprint density at radius 1 is 1.22 bits per heavy atom. The molecule has 1 atom stereocenters. The normalized spacial score (nSPS) is 36.3. The SMILES string of the molecule is [K+].[O-]C1CCC2(CC2)C1. The Bertz CT molecular complexity index is 109. The minimum atomic E-state index is -0.197. The number of hydrogen-bond acceptors (Lipinski definition) is 1. The summed E-state index contributed by atoms with van der Waals surface area (Å²) in [7, 11) is 0. The van der Waals surface area contributed by atoms with Crippen molar-refractivity contribution in [3.63, 3.8) is 0 Å². The van der Waals surface area contributed by atoms with E-state index < -0.39 is 0 Å². The first-order valence-corrected chi connectivity index (χ1v) is 3.47. The second kappa shape index (κ2) is 2.92. The molecule has 2 heteroatoms. The quantitative estimate of drug-likeness (QED) is 0.356. The third-order valence-electron chi connectivity index (χ3n) is 2.61. The average molecular weight is 150 g/mol. The summed E-state index contributed by atoms with van der Waals surface area (Å²) in [6, 6.07) is 0. The standard InChI is InChI=1S/C7H11O.K/c8-6-1-2-7(5-6)3-4-7;/h6H,1-5H2;/q-1;+1. The van der Waals surface area contributed by atoms with Crippen molar-refractivity contribution in [3.8, 4) is 0 Å². The van der Waals surface area contributed by atoms with Crippen molar-refractivity contribution >= 4 is 0 Å². The van der Waals surface area contributed by atoms with Gasteiger partial charge in [0.25, 0.3) is 0 Å². The zero-order valence-corrected chi connectivity index (χ0v) is 9.14. The minimum absolute atomic E-state index is 0. The summed E-state index contributed by atoms with van der Waals surface area (Å²) >= 11 is 0. The molecule has 0 N–H and O–H groups in total. The fourth-order valence-corrected chi connectivity index (χ4v) is 1.79. The van der Waals surface area contributed by atoms with Gasteiger partial charge in [0.05, 0.1) is 0 Å². The first-order valence-electron chi connectivity index (χ1n) is 3.47. The first kappa shape index (κ1) is 8.69. The van der Waals surface area contributed by atoms with Crippen LogP contribution in [-0.4, -0.2) is 6.10 Å². The Hall–Kier alpha value is 1.60. The van der Waals surface area contributed by atoms with Crippen LogP contribution in [0.25, 0.3) is 0 Å². The van der Waals surface area contributed by atoms with Crippen LogP contribution >= 0.6 is 0 Å². The van der Waals surface area contributed by atoms with Gasteiger partial charge in [-0.2, -0.15) is 0 Å². The van der Waals surface area contributed by atoms with Crippen LogP contribution in [0.3, 0.4) is 0 Å². The van der Waals surface area contributed by atoms with Gasteiger partial charge in [0.2, 0.25) is 0 Å². The molecule has 0 aromatic carbocycles. The summed E-state index contributed by atoms with van der Waals surface area (Å²) in [5.41, 5.74) is 0.604. The van der Waals surface area contributed by atoms with Crippen LogP contribution in [0.4, 0.5) is 0 Å². The third kappa shape index (κ3) is 1.79. The summed E-state index contributed by atoms with van der Waals surface area (Å²) < 4.78 is 0. The predicted molar refractivity (Wildman–Crippen MR) is 29.3 cm³/mol. The Balaban J connectivity index is 0.000000405. The van der Waals surface area contributed by atoms with E-state index in [-0.39, 0.29) is 57.5 Å². The maximum atomic E-state index is 10.8. The molecule has 0 saturated heterocycles. The Morgan fingerprint density at radius 2 is 1.89 bits per heavy atom. The van der Waals surface area contributed by atoms with Crippen molar-refractivity contribution in [2.75, 3.05) is 0 Å². The Morgan fingerprint density at radius 3 is 2.11 bits per heavy atom. The van der Waals surface area contributed by atoms with Gasteiger partial charge in [-0.1, -0.05) is 12.8 Å². The molecule has 2 saturated carbocycles. The van der Waals surface area contributed by atoms with Gasteiger partial charge >= 0.3 is 51.4 Å². The van der Waals surface area contributed by atoms with Gasteiger partial charge in [-0.15, -0.1) is 6.10 Å². The van der Waals surface area contributed by atoms with E-state index in [2.05, 4.69) is 0 Å². The van der Waals surface area contributed by atoms with Crippen molar-refractivity contribution in [2.45, 2.75) is 38.2 Å². The molecule has 0 amide bonds. The number of hydrogen-bond donors (Lipinski definition) is 0. The van der Waals surface area contributed by atoms with Gasteiger partial charge < -0.3 is 5.11 Å². The van der Waals surface area contributed by atoms with Crippen LogP contribution in [0.2, 0.25) is 0 Å². The third-order valence-corrected chi connectivity index (χ3v) is 2.61. The Kier molecular flexibility index (Phi) is 2.82. The molecule has 0 aromatic rings. The van der Waals surface area contributed by atoms with Gasteiger partial charge in [-0.25, -0.2) is 0 Å². The van der Waals surface area contributed by atoms with E-state index in [9.17, 15) is 5.11 Å². The summed E-state index contributed by atoms with van der Waals surface area (Å²) in [6.45, 7) is 0. The monoisotopic (exact) mass is 150 g/mol. The van der Waals surface area contributed by atoms with Crippen LogP contribution in [0.1, 0.15) is 32.1 Å². The molecule has 2 fully saturated rings. The van der Waals surface area contributed by atoms with Crippen LogP contribution in [-0.2, 0) is 0 Å². The molecule has 2 rings (SSSR count). The molecule has 1 unspecified atom stereocenters. The van der Waals surface area contributed by atoms with E-state index in [1.54, 1.807) is 0 Å².